The summed E-state index contributed by atoms with van der Waals surface area (Å²) in [4.78, 5) is 27.6. The quantitative estimate of drug-likeness (QED) is 0.767. The maximum atomic E-state index is 12.4. The summed E-state index contributed by atoms with van der Waals surface area (Å²) in [6.45, 7) is 3.83. The number of nitrogens with zero attached hydrogens (tertiary/aromatic N) is 2. The van der Waals surface area contributed by atoms with Crippen LogP contribution < -0.4 is 16.0 Å². The van der Waals surface area contributed by atoms with Crippen LogP contribution in [0.5, 0.6) is 0 Å². The molecule has 0 unspecified atom stereocenters. The number of fused-ring (bicyclic) bond motifs is 1. The fourth-order valence-electron chi connectivity index (χ4n) is 2.80. The van der Waals surface area contributed by atoms with Gasteiger partial charge in [-0.05, 0) is 37.0 Å². The lowest BCUT2D eigenvalue weighted by molar-refractivity contribution is -0.133. The Morgan fingerprint density at radius 3 is 2.91 bits per heavy atom. The van der Waals surface area contributed by atoms with Gasteiger partial charge in [-0.15, -0.1) is 0 Å². The summed E-state index contributed by atoms with van der Waals surface area (Å²) in [6, 6.07) is 5.82. The molecule has 1 aromatic rings. The molecule has 1 aromatic carbocycles. The van der Waals surface area contributed by atoms with Gasteiger partial charge in [-0.1, -0.05) is 13.0 Å². The number of carbonyl (C=O) groups excluding carboxylic acids is 2. The van der Waals surface area contributed by atoms with Gasteiger partial charge in [-0.25, -0.2) is 0 Å². The molecule has 0 saturated heterocycles. The highest BCUT2D eigenvalue weighted by molar-refractivity contribution is 5.87. The molecule has 0 atom stereocenters. The second kappa shape index (κ2) is 7.85. The molecule has 0 radical (unpaired) electrons. The normalized spacial score (nSPS) is 13.4. The Morgan fingerprint density at radius 2 is 2.17 bits per heavy atom. The highest BCUT2D eigenvalue weighted by Crippen LogP contribution is 2.30. The van der Waals surface area contributed by atoms with Crippen LogP contribution >= 0.6 is 0 Å². The van der Waals surface area contributed by atoms with Crippen molar-refractivity contribution in [2.75, 3.05) is 43.9 Å². The lowest BCUT2D eigenvalue weighted by atomic mass is 10.00. The average Bonchev–Trinajstić information content (AvgIpc) is 2.53. The summed E-state index contributed by atoms with van der Waals surface area (Å²) in [6.07, 6.45) is 2.81. The van der Waals surface area contributed by atoms with E-state index in [1.807, 2.05) is 25.1 Å². The van der Waals surface area contributed by atoms with Crippen LogP contribution in [-0.4, -0.2) is 49.9 Å². The van der Waals surface area contributed by atoms with E-state index in [2.05, 4.69) is 10.2 Å². The molecule has 2 rings (SSSR count). The molecule has 2 amide bonds. The second-order valence-electron chi connectivity index (χ2n) is 5.97. The van der Waals surface area contributed by atoms with Gasteiger partial charge in [0, 0.05) is 31.5 Å². The zero-order valence-electron chi connectivity index (χ0n) is 14.0. The number of hydrogen-bond donors (Lipinski definition) is 2. The van der Waals surface area contributed by atoms with Crippen molar-refractivity contribution in [2.45, 2.75) is 26.2 Å². The van der Waals surface area contributed by atoms with E-state index in [0.29, 0.717) is 6.54 Å². The molecule has 6 heteroatoms. The van der Waals surface area contributed by atoms with Crippen LogP contribution in [0.1, 0.15) is 25.3 Å². The minimum Gasteiger partial charge on any atom is -0.398 e. The molecule has 0 aliphatic carbocycles. The Morgan fingerprint density at radius 1 is 1.39 bits per heavy atom. The molecule has 23 heavy (non-hydrogen) atoms. The first kappa shape index (κ1) is 17.1. The molecule has 1 heterocycles. The lowest BCUT2D eigenvalue weighted by Crippen LogP contribution is -2.44. The van der Waals surface area contributed by atoms with Gasteiger partial charge in [0.05, 0.1) is 13.1 Å². The van der Waals surface area contributed by atoms with E-state index in [9.17, 15) is 9.59 Å². The van der Waals surface area contributed by atoms with E-state index >= 15 is 0 Å². The summed E-state index contributed by atoms with van der Waals surface area (Å²) in [7, 11) is 1.66. The zero-order chi connectivity index (χ0) is 16.8. The number of nitrogen functional groups attached to an aromatic ring is 1. The maximum absolute atomic E-state index is 12.4. The van der Waals surface area contributed by atoms with Gasteiger partial charge >= 0.3 is 0 Å². The van der Waals surface area contributed by atoms with Crippen LogP contribution in [0.15, 0.2) is 18.2 Å². The number of hydrogen-bond acceptors (Lipinski definition) is 4. The monoisotopic (exact) mass is 318 g/mol. The molecular formula is C17H26N4O2. The van der Waals surface area contributed by atoms with Crippen LogP contribution in [-0.2, 0) is 16.0 Å². The molecule has 126 valence electrons. The van der Waals surface area contributed by atoms with Crippen LogP contribution in [0.4, 0.5) is 11.4 Å². The number of amides is 2. The minimum absolute atomic E-state index is 0.0630. The predicted molar refractivity (Wildman–Crippen MR) is 92.3 cm³/mol. The van der Waals surface area contributed by atoms with Gasteiger partial charge in [-0.3, -0.25) is 9.59 Å². The van der Waals surface area contributed by atoms with Crippen molar-refractivity contribution >= 4 is 23.2 Å². The summed E-state index contributed by atoms with van der Waals surface area (Å²) < 4.78 is 0. The summed E-state index contributed by atoms with van der Waals surface area (Å²) in [5.74, 6) is -0.182. The molecule has 3 N–H and O–H groups in total. The first-order valence-corrected chi connectivity index (χ1v) is 8.16. The Balaban J connectivity index is 1.96. The fourth-order valence-corrected chi connectivity index (χ4v) is 2.80. The zero-order valence-corrected chi connectivity index (χ0v) is 14.0. The summed E-state index contributed by atoms with van der Waals surface area (Å²) in [5.41, 5.74) is 8.97. The predicted octanol–water partition coefficient (Wildman–Crippen LogP) is 1.01. The molecule has 0 aromatic heterocycles. The number of benzene rings is 1. The molecule has 0 fully saturated rings. The fraction of sp³-hybridized carbons (Fsp3) is 0.529. The van der Waals surface area contributed by atoms with E-state index in [1.165, 1.54) is 4.90 Å². The third kappa shape index (κ3) is 4.37. The Labute approximate surface area is 137 Å². The van der Waals surface area contributed by atoms with Gasteiger partial charge in [0.1, 0.15) is 0 Å². The second-order valence-corrected chi connectivity index (χ2v) is 5.97. The first-order valence-electron chi connectivity index (χ1n) is 8.16. The van der Waals surface area contributed by atoms with Crippen molar-refractivity contribution in [3.05, 3.63) is 23.8 Å². The van der Waals surface area contributed by atoms with Crippen LogP contribution in [0, 0.1) is 0 Å². The topological polar surface area (TPSA) is 78.7 Å². The van der Waals surface area contributed by atoms with Crippen LogP contribution in [0.2, 0.25) is 0 Å². The van der Waals surface area contributed by atoms with E-state index in [-0.39, 0.29) is 24.9 Å². The van der Waals surface area contributed by atoms with E-state index < -0.39 is 0 Å². The molecular weight excluding hydrogens is 292 g/mol. The van der Waals surface area contributed by atoms with Crippen molar-refractivity contribution < 1.29 is 9.59 Å². The number of rotatable bonds is 6. The highest BCUT2D eigenvalue weighted by atomic mass is 16.2. The average molecular weight is 318 g/mol. The van der Waals surface area contributed by atoms with Gasteiger partial charge in [0.25, 0.3) is 0 Å². The van der Waals surface area contributed by atoms with Gasteiger partial charge in [-0.2, -0.15) is 0 Å². The third-order valence-electron chi connectivity index (χ3n) is 4.09. The van der Waals surface area contributed by atoms with E-state index in [1.54, 1.807) is 7.05 Å². The smallest absolute Gasteiger partial charge is 0.242 e. The Hall–Kier alpha value is -2.24. The SMILES string of the molecule is CCCNC(=O)CN(C)C(=O)CN1CCCc2c(N)cccc21. The number of carbonyl (C=O) groups is 2. The molecule has 6 nitrogen and oxygen atoms in total. The first-order chi connectivity index (χ1) is 11.0. The number of nitrogens with two attached hydrogens (primary N) is 1. The Kier molecular flexibility index (Phi) is 5.84. The number of anilines is 2. The van der Waals surface area contributed by atoms with Gasteiger partial charge in [0.2, 0.25) is 11.8 Å². The standard InChI is InChI=1S/C17H26N4O2/c1-3-9-19-16(22)11-20(2)17(23)12-21-10-5-6-13-14(18)7-4-8-15(13)21/h4,7-8H,3,5-6,9-12,18H2,1-2H3,(H,19,22). The number of likely N-dealkylation sites (N-methyl/N-ethyl adjacent to an activating group) is 1. The Bertz CT molecular complexity index is 574. The molecule has 1 aliphatic rings. The highest BCUT2D eigenvalue weighted by Gasteiger charge is 2.22. The summed E-state index contributed by atoms with van der Waals surface area (Å²) in [5, 5.41) is 2.78. The molecule has 0 saturated carbocycles. The van der Waals surface area contributed by atoms with Crippen LogP contribution in [0.3, 0.4) is 0 Å². The van der Waals surface area contributed by atoms with Crippen LogP contribution in [0.25, 0.3) is 0 Å². The molecule has 0 bridgehead atoms. The van der Waals surface area contributed by atoms with Gasteiger partial charge in [0.15, 0.2) is 0 Å². The largest absolute Gasteiger partial charge is 0.398 e. The molecule has 1 aliphatic heterocycles. The third-order valence-corrected chi connectivity index (χ3v) is 4.09. The van der Waals surface area contributed by atoms with Crippen molar-refractivity contribution in [3.8, 4) is 0 Å². The van der Waals surface area contributed by atoms with Crippen molar-refractivity contribution in [1.29, 1.82) is 0 Å². The minimum atomic E-state index is -0.119. The van der Waals surface area contributed by atoms with Crippen molar-refractivity contribution in [1.82, 2.24) is 10.2 Å². The lowest BCUT2D eigenvalue weighted by Gasteiger charge is -2.32. The van der Waals surface area contributed by atoms with Crippen molar-refractivity contribution in [3.63, 3.8) is 0 Å². The van der Waals surface area contributed by atoms with E-state index in [0.717, 1.165) is 42.7 Å². The van der Waals surface area contributed by atoms with Gasteiger partial charge < -0.3 is 20.9 Å². The van der Waals surface area contributed by atoms with Crippen molar-refractivity contribution in [2.24, 2.45) is 0 Å². The molecule has 0 spiro atoms. The maximum Gasteiger partial charge on any atom is 0.242 e. The summed E-state index contributed by atoms with van der Waals surface area (Å²) >= 11 is 0. The number of nitrogens with one attached hydrogen (secondary N) is 1. The van der Waals surface area contributed by atoms with E-state index in [4.69, 9.17) is 5.73 Å².